The molecule has 0 spiro atoms. The van der Waals surface area contributed by atoms with Crippen molar-refractivity contribution in [3.8, 4) is 0 Å². The first-order valence-corrected chi connectivity index (χ1v) is 12.2. The van der Waals surface area contributed by atoms with E-state index in [0.717, 1.165) is 57.8 Å². The van der Waals surface area contributed by atoms with Crippen molar-refractivity contribution in [2.45, 2.75) is 89.8 Å². The number of amides is 2. The van der Waals surface area contributed by atoms with Crippen molar-refractivity contribution < 1.29 is 29.0 Å². The molecule has 0 saturated carbocycles. The Balaban J connectivity index is 1.57. The molecule has 2 amide bonds. The number of ether oxygens (including phenoxy) is 2. The lowest BCUT2D eigenvalue weighted by Gasteiger charge is -2.27. The summed E-state index contributed by atoms with van der Waals surface area (Å²) in [6.07, 6.45) is 14.1. The summed E-state index contributed by atoms with van der Waals surface area (Å²) < 4.78 is 11.3. The second-order valence-corrected chi connectivity index (χ2v) is 8.80. The SMILES string of the molecule is CCCCNC(=O)CNC(=O)OCCCC[C@H]1[C@@H](CC=CCCCC(=O)O)[C@H]2CC[C@@H]1O2. The van der Waals surface area contributed by atoms with Gasteiger partial charge in [0.1, 0.15) is 0 Å². The first kappa shape index (κ1) is 26.2. The number of allylic oxidation sites excluding steroid dienone is 2. The minimum absolute atomic E-state index is 0.0590. The van der Waals surface area contributed by atoms with E-state index >= 15 is 0 Å². The van der Waals surface area contributed by atoms with Crippen LogP contribution in [-0.4, -0.2) is 55.0 Å². The molecule has 2 bridgehead atoms. The van der Waals surface area contributed by atoms with E-state index in [2.05, 4.69) is 29.7 Å². The molecule has 0 aromatic heterocycles. The maximum atomic E-state index is 11.7. The number of carboxylic acids is 1. The third kappa shape index (κ3) is 9.59. The maximum absolute atomic E-state index is 11.7. The third-order valence-electron chi connectivity index (χ3n) is 6.34. The van der Waals surface area contributed by atoms with Gasteiger partial charge >= 0.3 is 12.1 Å². The molecule has 2 fully saturated rings. The smallest absolute Gasteiger partial charge is 0.407 e. The van der Waals surface area contributed by atoms with Gasteiger partial charge in [0, 0.05) is 13.0 Å². The van der Waals surface area contributed by atoms with Gasteiger partial charge in [-0.25, -0.2) is 4.79 Å². The molecule has 4 atom stereocenters. The first-order chi connectivity index (χ1) is 15.5. The van der Waals surface area contributed by atoms with Gasteiger partial charge < -0.3 is 25.2 Å². The molecular weight excluding hydrogens is 412 g/mol. The molecular formula is C24H40N2O6. The van der Waals surface area contributed by atoms with Gasteiger partial charge in [0.25, 0.3) is 0 Å². The molecule has 3 N–H and O–H groups in total. The van der Waals surface area contributed by atoms with Crippen LogP contribution in [0.25, 0.3) is 0 Å². The van der Waals surface area contributed by atoms with Crippen molar-refractivity contribution in [1.29, 1.82) is 0 Å². The summed E-state index contributed by atoms with van der Waals surface area (Å²) in [6, 6.07) is 0. The Morgan fingerprint density at radius 1 is 1.03 bits per heavy atom. The number of unbranched alkanes of at least 4 members (excludes halogenated alkanes) is 3. The van der Waals surface area contributed by atoms with Crippen molar-refractivity contribution in [1.82, 2.24) is 10.6 Å². The summed E-state index contributed by atoms with van der Waals surface area (Å²) in [4.78, 5) is 33.9. The zero-order valence-electron chi connectivity index (χ0n) is 19.4. The predicted molar refractivity (Wildman–Crippen MR) is 121 cm³/mol. The van der Waals surface area contributed by atoms with E-state index in [9.17, 15) is 14.4 Å². The molecule has 182 valence electrons. The molecule has 2 rings (SSSR count). The van der Waals surface area contributed by atoms with Crippen molar-refractivity contribution in [2.24, 2.45) is 11.8 Å². The molecule has 32 heavy (non-hydrogen) atoms. The summed E-state index contributed by atoms with van der Waals surface area (Å²) in [5.41, 5.74) is 0. The molecule has 2 saturated heterocycles. The zero-order chi connectivity index (χ0) is 23.2. The normalized spacial score (nSPS) is 24.0. The lowest BCUT2D eigenvalue weighted by Crippen LogP contribution is -2.37. The number of alkyl carbamates (subject to hydrolysis) is 1. The summed E-state index contributed by atoms with van der Waals surface area (Å²) in [5.74, 6) is 0.126. The highest BCUT2D eigenvalue weighted by molar-refractivity contribution is 5.82. The number of carbonyl (C=O) groups is 3. The van der Waals surface area contributed by atoms with Crippen molar-refractivity contribution in [3.63, 3.8) is 0 Å². The second-order valence-electron chi connectivity index (χ2n) is 8.80. The number of fused-ring (bicyclic) bond motifs is 2. The van der Waals surface area contributed by atoms with Crippen LogP contribution in [-0.2, 0) is 19.1 Å². The molecule has 8 heteroatoms. The number of hydrogen-bond donors (Lipinski definition) is 3. The fraction of sp³-hybridized carbons (Fsp3) is 0.792. The van der Waals surface area contributed by atoms with Gasteiger partial charge in [0.15, 0.2) is 0 Å². The number of carbonyl (C=O) groups excluding carboxylic acids is 2. The van der Waals surface area contributed by atoms with Crippen molar-refractivity contribution >= 4 is 18.0 Å². The van der Waals surface area contributed by atoms with E-state index in [1.165, 1.54) is 0 Å². The monoisotopic (exact) mass is 452 g/mol. The highest BCUT2D eigenvalue weighted by Gasteiger charge is 2.47. The van der Waals surface area contributed by atoms with Crippen LogP contribution in [0.2, 0.25) is 0 Å². The first-order valence-electron chi connectivity index (χ1n) is 12.2. The quantitative estimate of drug-likeness (QED) is 0.242. The zero-order valence-corrected chi connectivity index (χ0v) is 19.4. The third-order valence-corrected chi connectivity index (χ3v) is 6.34. The fourth-order valence-electron chi connectivity index (χ4n) is 4.66. The van der Waals surface area contributed by atoms with Crippen LogP contribution in [0, 0.1) is 11.8 Å². The standard InChI is InChI=1S/C24H40N2O6/c1-2-3-15-25-22(27)17-26-24(30)31-16-9-8-11-19-18(20-13-14-21(19)32-20)10-6-4-5-7-12-23(28)29/h4,6,18-21H,2-3,5,7-17H2,1H3,(H,25,27)(H,26,30)(H,28,29)/t18-,19+,20-,21+/m1/s1. The van der Waals surface area contributed by atoms with Crippen molar-refractivity contribution in [3.05, 3.63) is 12.2 Å². The lowest BCUT2D eigenvalue weighted by molar-refractivity contribution is -0.137. The number of hydrogen-bond acceptors (Lipinski definition) is 5. The van der Waals surface area contributed by atoms with Gasteiger partial charge in [-0.3, -0.25) is 9.59 Å². The number of aliphatic carboxylic acids is 1. The molecule has 2 aliphatic heterocycles. The second kappa shape index (κ2) is 14.9. The Bertz CT molecular complexity index is 624. The molecule has 2 heterocycles. The van der Waals surface area contributed by atoms with E-state index < -0.39 is 12.1 Å². The average molecular weight is 453 g/mol. The van der Waals surface area contributed by atoms with E-state index in [-0.39, 0.29) is 18.9 Å². The number of carboxylic acid groups (broad SMARTS) is 1. The maximum Gasteiger partial charge on any atom is 0.407 e. The minimum Gasteiger partial charge on any atom is -0.481 e. The Kier molecular flexibility index (Phi) is 12.2. The van der Waals surface area contributed by atoms with Gasteiger partial charge in [0.2, 0.25) is 5.91 Å². The van der Waals surface area contributed by atoms with E-state index in [0.29, 0.717) is 43.6 Å². The fourth-order valence-corrected chi connectivity index (χ4v) is 4.66. The Morgan fingerprint density at radius 2 is 1.81 bits per heavy atom. The van der Waals surface area contributed by atoms with Gasteiger partial charge in [0.05, 0.1) is 25.4 Å². The summed E-state index contributed by atoms with van der Waals surface area (Å²) >= 11 is 0. The molecule has 0 aromatic carbocycles. The van der Waals surface area contributed by atoms with Crippen LogP contribution < -0.4 is 10.6 Å². The summed E-state index contributed by atoms with van der Waals surface area (Å²) in [6.45, 7) is 2.96. The van der Waals surface area contributed by atoms with Gasteiger partial charge in [-0.1, -0.05) is 25.5 Å². The molecule has 0 unspecified atom stereocenters. The van der Waals surface area contributed by atoms with Crippen LogP contribution in [0.5, 0.6) is 0 Å². The Labute approximate surface area is 191 Å². The topological polar surface area (TPSA) is 114 Å². The minimum atomic E-state index is -0.741. The Morgan fingerprint density at radius 3 is 2.56 bits per heavy atom. The molecule has 0 radical (unpaired) electrons. The molecule has 0 aliphatic carbocycles. The summed E-state index contributed by atoms with van der Waals surface area (Å²) in [5, 5.41) is 13.9. The highest BCUT2D eigenvalue weighted by atomic mass is 16.5. The number of rotatable bonds is 16. The number of nitrogens with one attached hydrogen (secondary N) is 2. The van der Waals surface area contributed by atoms with Crippen LogP contribution >= 0.6 is 0 Å². The highest BCUT2D eigenvalue weighted by Crippen LogP contribution is 2.47. The average Bonchev–Trinajstić information content (AvgIpc) is 3.36. The van der Waals surface area contributed by atoms with E-state index in [1.807, 2.05) is 0 Å². The lowest BCUT2D eigenvalue weighted by atomic mass is 9.75. The van der Waals surface area contributed by atoms with Gasteiger partial charge in [-0.15, -0.1) is 0 Å². The van der Waals surface area contributed by atoms with Crippen LogP contribution in [0.3, 0.4) is 0 Å². The molecule has 2 aliphatic rings. The van der Waals surface area contributed by atoms with Gasteiger partial charge in [-0.2, -0.15) is 0 Å². The van der Waals surface area contributed by atoms with Crippen LogP contribution in [0.1, 0.15) is 77.6 Å². The van der Waals surface area contributed by atoms with Crippen LogP contribution in [0.4, 0.5) is 4.79 Å². The van der Waals surface area contributed by atoms with Crippen molar-refractivity contribution in [2.75, 3.05) is 19.7 Å². The molecule has 0 aromatic rings. The van der Waals surface area contributed by atoms with E-state index in [4.69, 9.17) is 14.6 Å². The summed E-state index contributed by atoms with van der Waals surface area (Å²) in [7, 11) is 0. The van der Waals surface area contributed by atoms with E-state index in [1.54, 1.807) is 0 Å². The molecule has 8 nitrogen and oxygen atoms in total. The van der Waals surface area contributed by atoms with Gasteiger partial charge in [-0.05, 0) is 69.6 Å². The largest absolute Gasteiger partial charge is 0.481 e. The van der Waals surface area contributed by atoms with Crippen LogP contribution in [0.15, 0.2) is 12.2 Å². The predicted octanol–water partition coefficient (Wildman–Crippen LogP) is 3.79. The Hall–Kier alpha value is -2.09.